The number of aryl methyl sites for hydroxylation is 1. The van der Waals surface area contributed by atoms with Gasteiger partial charge in [0, 0.05) is 37.9 Å². The lowest BCUT2D eigenvalue weighted by Gasteiger charge is -2.33. The highest BCUT2D eigenvalue weighted by molar-refractivity contribution is 5.95. The minimum absolute atomic E-state index is 0.279. The zero-order valence-corrected chi connectivity index (χ0v) is 14.7. The number of anilines is 2. The standard InChI is InChI=1S/C20H24N4O/c1-15-21-10-6-19(22-15)23-11-7-16(8-12-23)14-20(25)24-13-9-17-4-2-3-5-18(17)24/h2-6,10,16H,7-9,11-14H2,1H3. The van der Waals surface area contributed by atoms with Crippen molar-refractivity contribution in [1.82, 2.24) is 9.97 Å². The first kappa shape index (κ1) is 16.1. The fourth-order valence-corrected chi connectivity index (χ4v) is 3.94. The molecule has 1 fully saturated rings. The van der Waals surface area contributed by atoms with Crippen LogP contribution in [0.2, 0.25) is 0 Å². The molecule has 0 atom stereocenters. The van der Waals surface area contributed by atoms with Crippen LogP contribution in [0.15, 0.2) is 36.5 Å². The number of rotatable bonds is 3. The van der Waals surface area contributed by atoms with E-state index in [0.29, 0.717) is 12.3 Å². The van der Waals surface area contributed by atoms with Gasteiger partial charge in [0.15, 0.2) is 0 Å². The van der Waals surface area contributed by atoms with Crippen molar-refractivity contribution in [3.8, 4) is 0 Å². The van der Waals surface area contributed by atoms with Crippen LogP contribution in [0, 0.1) is 12.8 Å². The van der Waals surface area contributed by atoms with Crippen molar-refractivity contribution in [2.24, 2.45) is 5.92 Å². The van der Waals surface area contributed by atoms with Crippen LogP contribution in [0.5, 0.6) is 0 Å². The highest BCUT2D eigenvalue weighted by Crippen LogP contribution is 2.30. The van der Waals surface area contributed by atoms with Gasteiger partial charge in [0.05, 0.1) is 0 Å². The summed E-state index contributed by atoms with van der Waals surface area (Å²) in [5, 5.41) is 0. The van der Waals surface area contributed by atoms with Gasteiger partial charge in [-0.3, -0.25) is 4.79 Å². The van der Waals surface area contributed by atoms with Crippen LogP contribution in [-0.2, 0) is 11.2 Å². The number of hydrogen-bond donors (Lipinski definition) is 0. The fourth-order valence-electron chi connectivity index (χ4n) is 3.94. The molecule has 1 amide bonds. The number of carbonyl (C=O) groups excluding carboxylic acids is 1. The zero-order chi connectivity index (χ0) is 17.2. The number of fused-ring (bicyclic) bond motifs is 1. The smallest absolute Gasteiger partial charge is 0.227 e. The topological polar surface area (TPSA) is 49.3 Å². The SMILES string of the molecule is Cc1nccc(N2CCC(CC(=O)N3CCc4ccccc43)CC2)n1. The first-order chi connectivity index (χ1) is 12.2. The molecule has 2 aliphatic heterocycles. The fraction of sp³-hybridized carbons (Fsp3) is 0.450. The number of nitrogens with zero attached hydrogens (tertiary/aromatic N) is 4. The minimum Gasteiger partial charge on any atom is -0.356 e. The highest BCUT2D eigenvalue weighted by atomic mass is 16.2. The molecule has 1 aromatic heterocycles. The quantitative estimate of drug-likeness (QED) is 0.865. The predicted molar refractivity (Wildman–Crippen MR) is 98.8 cm³/mol. The molecule has 0 unspecified atom stereocenters. The van der Waals surface area contributed by atoms with Crippen molar-refractivity contribution >= 4 is 17.4 Å². The Balaban J connectivity index is 1.34. The third-order valence-electron chi connectivity index (χ3n) is 5.35. The van der Waals surface area contributed by atoms with Crippen LogP contribution in [0.25, 0.3) is 0 Å². The normalized spacial score (nSPS) is 17.6. The lowest BCUT2D eigenvalue weighted by molar-refractivity contribution is -0.119. The van der Waals surface area contributed by atoms with Crippen molar-refractivity contribution in [2.75, 3.05) is 29.4 Å². The zero-order valence-electron chi connectivity index (χ0n) is 14.7. The summed E-state index contributed by atoms with van der Waals surface area (Å²) in [6, 6.07) is 10.2. The molecule has 0 radical (unpaired) electrons. The molecule has 0 spiro atoms. The summed E-state index contributed by atoms with van der Waals surface area (Å²) in [4.78, 5) is 25.7. The van der Waals surface area contributed by atoms with Crippen molar-refractivity contribution in [1.29, 1.82) is 0 Å². The van der Waals surface area contributed by atoms with Gasteiger partial charge >= 0.3 is 0 Å². The second-order valence-electron chi connectivity index (χ2n) is 7.02. The molecule has 0 bridgehead atoms. The molecule has 1 saturated heterocycles. The number of para-hydroxylation sites is 1. The van der Waals surface area contributed by atoms with E-state index < -0.39 is 0 Å². The molecule has 5 nitrogen and oxygen atoms in total. The van der Waals surface area contributed by atoms with E-state index in [1.807, 2.05) is 30.2 Å². The Morgan fingerprint density at radius 2 is 1.96 bits per heavy atom. The third-order valence-corrected chi connectivity index (χ3v) is 5.35. The maximum atomic E-state index is 12.8. The summed E-state index contributed by atoms with van der Waals surface area (Å²) < 4.78 is 0. The molecule has 0 aliphatic carbocycles. The molecule has 5 heteroatoms. The maximum Gasteiger partial charge on any atom is 0.227 e. The Labute approximate surface area is 148 Å². The van der Waals surface area contributed by atoms with Crippen LogP contribution in [0.3, 0.4) is 0 Å². The number of piperidine rings is 1. The first-order valence-electron chi connectivity index (χ1n) is 9.13. The lowest BCUT2D eigenvalue weighted by atomic mass is 9.93. The summed E-state index contributed by atoms with van der Waals surface area (Å²) in [6.45, 7) is 4.68. The van der Waals surface area contributed by atoms with E-state index >= 15 is 0 Å². The van der Waals surface area contributed by atoms with Gasteiger partial charge in [-0.1, -0.05) is 18.2 Å². The predicted octanol–water partition coefficient (Wildman–Crippen LogP) is 2.98. The number of carbonyl (C=O) groups is 1. The third kappa shape index (κ3) is 3.36. The van der Waals surface area contributed by atoms with Gasteiger partial charge in [0.25, 0.3) is 0 Å². The van der Waals surface area contributed by atoms with Crippen LogP contribution in [0.4, 0.5) is 11.5 Å². The molecule has 1 aromatic carbocycles. The number of benzene rings is 1. The van der Waals surface area contributed by atoms with Crippen molar-refractivity contribution in [3.63, 3.8) is 0 Å². The average Bonchev–Trinajstić information content (AvgIpc) is 3.06. The van der Waals surface area contributed by atoms with Crippen molar-refractivity contribution in [3.05, 3.63) is 47.9 Å². The Hall–Kier alpha value is -2.43. The van der Waals surface area contributed by atoms with E-state index in [1.54, 1.807) is 0 Å². The Bertz CT molecular complexity index is 768. The molecule has 4 rings (SSSR count). The summed E-state index contributed by atoms with van der Waals surface area (Å²) in [5.41, 5.74) is 2.41. The number of amides is 1. The monoisotopic (exact) mass is 336 g/mol. The van der Waals surface area contributed by atoms with Gasteiger partial charge in [0.2, 0.25) is 5.91 Å². The summed E-state index contributed by atoms with van der Waals surface area (Å²) in [5.74, 6) is 2.56. The van der Waals surface area contributed by atoms with Crippen LogP contribution < -0.4 is 9.80 Å². The van der Waals surface area contributed by atoms with E-state index in [0.717, 1.165) is 56.2 Å². The largest absolute Gasteiger partial charge is 0.356 e. The second kappa shape index (κ2) is 6.82. The molecular formula is C20H24N4O. The minimum atomic E-state index is 0.279. The van der Waals surface area contributed by atoms with Gasteiger partial charge in [-0.2, -0.15) is 0 Å². The van der Waals surface area contributed by atoms with Crippen LogP contribution in [0.1, 0.15) is 30.7 Å². The molecule has 0 saturated carbocycles. The molecule has 25 heavy (non-hydrogen) atoms. The molecule has 3 heterocycles. The highest BCUT2D eigenvalue weighted by Gasteiger charge is 2.28. The van der Waals surface area contributed by atoms with Crippen molar-refractivity contribution in [2.45, 2.75) is 32.6 Å². The Kier molecular flexibility index (Phi) is 4.38. The maximum absolute atomic E-state index is 12.8. The van der Waals surface area contributed by atoms with E-state index in [2.05, 4.69) is 33.1 Å². The van der Waals surface area contributed by atoms with Crippen LogP contribution in [-0.4, -0.2) is 35.5 Å². The van der Waals surface area contributed by atoms with E-state index in [4.69, 9.17) is 0 Å². The molecule has 2 aromatic rings. The molecule has 130 valence electrons. The number of hydrogen-bond acceptors (Lipinski definition) is 4. The van der Waals surface area contributed by atoms with E-state index in [9.17, 15) is 4.79 Å². The Morgan fingerprint density at radius 3 is 2.76 bits per heavy atom. The average molecular weight is 336 g/mol. The van der Waals surface area contributed by atoms with Crippen LogP contribution >= 0.6 is 0 Å². The molecule has 0 N–H and O–H groups in total. The van der Waals surface area contributed by atoms with Gasteiger partial charge in [0.1, 0.15) is 11.6 Å². The van der Waals surface area contributed by atoms with Gasteiger partial charge in [-0.25, -0.2) is 9.97 Å². The van der Waals surface area contributed by atoms with E-state index in [1.165, 1.54) is 5.56 Å². The molecular weight excluding hydrogens is 312 g/mol. The van der Waals surface area contributed by atoms with E-state index in [-0.39, 0.29) is 5.91 Å². The van der Waals surface area contributed by atoms with Gasteiger partial charge in [-0.05, 0) is 49.8 Å². The van der Waals surface area contributed by atoms with Gasteiger partial charge in [-0.15, -0.1) is 0 Å². The summed E-state index contributed by atoms with van der Waals surface area (Å²) >= 11 is 0. The van der Waals surface area contributed by atoms with Gasteiger partial charge < -0.3 is 9.80 Å². The first-order valence-corrected chi connectivity index (χ1v) is 9.13. The summed E-state index contributed by atoms with van der Waals surface area (Å²) in [7, 11) is 0. The second-order valence-corrected chi connectivity index (χ2v) is 7.02. The molecule has 2 aliphatic rings. The van der Waals surface area contributed by atoms with Crippen molar-refractivity contribution < 1.29 is 4.79 Å². The summed E-state index contributed by atoms with van der Waals surface area (Å²) in [6.07, 6.45) is 5.55. The Morgan fingerprint density at radius 1 is 1.16 bits per heavy atom. The number of aromatic nitrogens is 2. The lowest BCUT2D eigenvalue weighted by Crippen LogP contribution is -2.37.